The van der Waals surface area contributed by atoms with Gasteiger partial charge in [0.25, 0.3) is 0 Å². The van der Waals surface area contributed by atoms with Crippen molar-refractivity contribution in [1.82, 2.24) is 0 Å². The number of aryl methyl sites for hydroxylation is 2. The third-order valence-electron chi connectivity index (χ3n) is 6.07. The monoisotopic (exact) mass is 630 g/mol. The van der Waals surface area contributed by atoms with Gasteiger partial charge < -0.3 is 14.9 Å². The van der Waals surface area contributed by atoms with Crippen molar-refractivity contribution < 1.29 is 23.3 Å². The molecule has 1 aliphatic carbocycles. The van der Waals surface area contributed by atoms with Gasteiger partial charge in [0.15, 0.2) is 0 Å². The van der Waals surface area contributed by atoms with Gasteiger partial charge in [0.05, 0.1) is 0 Å². The van der Waals surface area contributed by atoms with E-state index >= 15 is 0 Å². The van der Waals surface area contributed by atoms with Gasteiger partial charge in [-0.15, -0.1) is 86.5 Å². The maximum atomic E-state index is 3.52. The molecule has 0 aromatic heterocycles. The van der Waals surface area contributed by atoms with Crippen molar-refractivity contribution >= 4 is 54.2 Å². The maximum absolute atomic E-state index is 3.52. The number of rotatable bonds is 2. The zero-order valence-electron chi connectivity index (χ0n) is 22.7. The minimum absolute atomic E-state index is 0. The Labute approximate surface area is 253 Å². The van der Waals surface area contributed by atoms with E-state index in [1.165, 1.54) is 78.0 Å². The SMILES string of the molecule is CC1=C2[C-]=C(C(C)C)C=C2SC1C.Cc1cc2c(-c3ccccc3)ccc(C)c2[cH-]1.Cl.Cl.[CH3-].[CH3-].[Si]=[Zr]. The first-order valence-corrected chi connectivity index (χ1v) is 16.1. The van der Waals surface area contributed by atoms with Crippen molar-refractivity contribution in [3.63, 3.8) is 0 Å². The second kappa shape index (κ2) is 17.0. The van der Waals surface area contributed by atoms with Gasteiger partial charge in [-0.3, -0.25) is 0 Å². The van der Waals surface area contributed by atoms with Crippen LogP contribution in [-0.4, -0.2) is 12.1 Å². The van der Waals surface area contributed by atoms with Crippen LogP contribution in [-0.2, 0) is 23.3 Å². The molecule has 0 nitrogen and oxygen atoms in total. The van der Waals surface area contributed by atoms with E-state index in [9.17, 15) is 0 Å². The standard InChI is InChI=1S/C17H15.C12H15S.2CH3.2ClH.Si.Zr/c1-12-10-16-13(2)8-9-15(17(16)11-12)14-6-4-3-5-7-14;1-7(2)10-5-11-8(3)9(4)13-12(11)6-10;;;;;;/h3-11H,1-2H3;6-7,9H,1-4H3;2*1H3;2*1H;;/q4*-1;;;;. The van der Waals surface area contributed by atoms with Gasteiger partial charge in [-0.05, 0) is 16.7 Å². The van der Waals surface area contributed by atoms with E-state index in [2.05, 4.69) is 115 Å². The molecule has 1 unspecified atom stereocenters. The summed E-state index contributed by atoms with van der Waals surface area (Å²) in [7, 11) is 0. The quantitative estimate of drug-likeness (QED) is 0.200. The van der Waals surface area contributed by atoms with E-state index in [0.717, 1.165) is 0 Å². The molecule has 0 amide bonds. The fourth-order valence-electron chi connectivity index (χ4n) is 4.09. The third kappa shape index (κ3) is 8.40. The van der Waals surface area contributed by atoms with Crippen LogP contribution in [0.4, 0.5) is 0 Å². The molecular weight excluding hydrogens is 595 g/mol. The van der Waals surface area contributed by atoms with Crippen molar-refractivity contribution in [3.8, 4) is 11.1 Å². The molecule has 36 heavy (non-hydrogen) atoms. The predicted molar refractivity (Wildman–Crippen MR) is 167 cm³/mol. The molecule has 1 heterocycles. The van der Waals surface area contributed by atoms with Crippen molar-refractivity contribution in [3.05, 3.63) is 114 Å². The Morgan fingerprint density at radius 1 is 0.972 bits per heavy atom. The van der Waals surface area contributed by atoms with Crippen LogP contribution in [0.2, 0.25) is 0 Å². The molecule has 194 valence electrons. The number of hydrogen-bond donors (Lipinski definition) is 0. The van der Waals surface area contributed by atoms with Crippen LogP contribution in [0.25, 0.3) is 21.9 Å². The van der Waals surface area contributed by atoms with Crippen LogP contribution in [0.5, 0.6) is 0 Å². The molecule has 0 saturated carbocycles. The summed E-state index contributed by atoms with van der Waals surface area (Å²) in [5, 5.41) is 3.40. The molecule has 0 N–H and O–H groups in total. The van der Waals surface area contributed by atoms with Crippen LogP contribution in [0, 0.1) is 40.7 Å². The molecule has 3 aromatic carbocycles. The Bertz CT molecular complexity index is 1210. The van der Waals surface area contributed by atoms with Crippen molar-refractivity contribution in [1.29, 1.82) is 0 Å². The van der Waals surface area contributed by atoms with Crippen molar-refractivity contribution in [2.24, 2.45) is 5.92 Å². The summed E-state index contributed by atoms with van der Waals surface area (Å²) < 4.78 is 0. The molecule has 0 spiro atoms. The summed E-state index contributed by atoms with van der Waals surface area (Å²) >= 11 is 3.32. The van der Waals surface area contributed by atoms with E-state index in [1.807, 2.05) is 11.8 Å². The summed E-state index contributed by atoms with van der Waals surface area (Å²) in [6, 6.07) is 19.6. The predicted octanol–water partition coefficient (Wildman–Crippen LogP) is 9.92. The second-order valence-corrected chi connectivity index (χ2v) is 10.1. The summed E-state index contributed by atoms with van der Waals surface area (Å²) in [4.78, 5) is 1.44. The van der Waals surface area contributed by atoms with Gasteiger partial charge in [-0.25, -0.2) is 0 Å². The molecule has 5 heteroatoms. The zero-order valence-corrected chi connectivity index (χ0v) is 28.6. The number of benzene rings is 2. The normalized spacial score (nSPS) is 14.9. The number of fused-ring (bicyclic) bond motifs is 2. The Kier molecular flexibility index (Phi) is 17.7. The summed E-state index contributed by atoms with van der Waals surface area (Å²) in [5.74, 6) is 0.606. The molecule has 2 radical (unpaired) electrons. The molecule has 0 saturated heterocycles. The number of thioether (sulfide) groups is 1. The van der Waals surface area contributed by atoms with E-state index in [4.69, 9.17) is 0 Å². The molecule has 0 fully saturated rings. The topological polar surface area (TPSA) is 0 Å². The van der Waals surface area contributed by atoms with Gasteiger partial charge in [0.2, 0.25) is 0 Å². The zero-order chi connectivity index (χ0) is 23.4. The number of hydrogen-bond acceptors (Lipinski definition) is 1. The number of halogens is 2. The van der Waals surface area contributed by atoms with E-state index < -0.39 is 0 Å². The van der Waals surface area contributed by atoms with E-state index in [0.29, 0.717) is 11.2 Å². The van der Waals surface area contributed by atoms with Crippen LogP contribution < -0.4 is 0 Å². The Hall–Kier alpha value is -0.700. The summed E-state index contributed by atoms with van der Waals surface area (Å²) in [6.07, 6.45) is 5.82. The van der Waals surface area contributed by atoms with Crippen LogP contribution >= 0.6 is 36.6 Å². The molecule has 5 rings (SSSR count). The van der Waals surface area contributed by atoms with Crippen LogP contribution in [0.15, 0.2) is 82.3 Å². The van der Waals surface area contributed by atoms with Gasteiger partial charge >= 0.3 is 30.2 Å². The Morgan fingerprint density at radius 3 is 2.14 bits per heavy atom. The summed E-state index contributed by atoms with van der Waals surface area (Å²) in [6.45, 7) is 16.3. The first kappa shape index (κ1) is 37.5. The molecular formula is C31H38Cl2SSiZr-4. The van der Waals surface area contributed by atoms with E-state index in [-0.39, 0.29) is 39.7 Å². The molecule has 2 aliphatic rings. The first-order valence-electron chi connectivity index (χ1n) is 11.1. The fraction of sp³-hybridized carbons (Fsp3) is 0.258. The number of allylic oxidation sites excluding steroid dienone is 4. The van der Waals surface area contributed by atoms with Crippen LogP contribution in [0.3, 0.4) is 0 Å². The Balaban J connectivity index is 0. The first-order chi connectivity index (χ1) is 15.3. The van der Waals surface area contributed by atoms with Crippen molar-refractivity contribution in [2.75, 3.05) is 0 Å². The van der Waals surface area contributed by atoms with E-state index in [1.54, 1.807) is 0 Å². The van der Waals surface area contributed by atoms with Crippen LogP contribution in [0.1, 0.15) is 38.8 Å². The third-order valence-corrected chi connectivity index (χ3v) is 7.35. The molecule has 1 aliphatic heterocycles. The summed E-state index contributed by atoms with van der Waals surface area (Å²) in [5.41, 5.74) is 9.55. The van der Waals surface area contributed by atoms with Gasteiger partial charge in [-0.1, -0.05) is 83.5 Å². The fourth-order valence-corrected chi connectivity index (χ4v) is 5.29. The van der Waals surface area contributed by atoms with Gasteiger partial charge in [-0.2, -0.15) is 23.9 Å². The Morgan fingerprint density at radius 2 is 1.58 bits per heavy atom. The molecule has 1 atom stereocenters. The minimum atomic E-state index is 0. The average Bonchev–Trinajstić information content (AvgIpc) is 3.46. The second-order valence-electron chi connectivity index (χ2n) is 8.72. The molecule has 0 bridgehead atoms. The van der Waals surface area contributed by atoms with Crippen molar-refractivity contribution in [2.45, 2.75) is 46.8 Å². The van der Waals surface area contributed by atoms with Gasteiger partial charge in [0.1, 0.15) is 0 Å². The molecule has 3 aromatic rings. The van der Waals surface area contributed by atoms with Gasteiger partial charge in [0, 0.05) is 0 Å². The average molecular weight is 633 g/mol.